The average Bonchev–Trinajstić information content (AvgIpc) is 3.28. The molecule has 1 atom stereocenters. The zero-order valence-corrected chi connectivity index (χ0v) is 18.2. The molecule has 1 fully saturated rings. The number of hydrogen-bond acceptors (Lipinski definition) is 4. The Balaban J connectivity index is 1.73. The highest BCUT2D eigenvalue weighted by molar-refractivity contribution is 5.78. The number of H-pyrrole nitrogens is 1. The van der Waals surface area contributed by atoms with Crippen LogP contribution in [0.5, 0.6) is 0 Å². The van der Waals surface area contributed by atoms with E-state index in [0.717, 1.165) is 32.1 Å². The Morgan fingerprint density at radius 2 is 1.93 bits per heavy atom. The number of hydrogen-bond donors (Lipinski definition) is 2. The molecule has 6 heteroatoms. The van der Waals surface area contributed by atoms with Crippen LogP contribution in [-0.4, -0.2) is 33.9 Å². The van der Waals surface area contributed by atoms with Crippen LogP contribution in [0.1, 0.15) is 83.0 Å². The van der Waals surface area contributed by atoms with Crippen LogP contribution in [-0.2, 0) is 4.79 Å². The van der Waals surface area contributed by atoms with Crippen LogP contribution in [0, 0.1) is 5.92 Å². The maximum Gasteiger partial charge on any atom is 0.258 e. The summed E-state index contributed by atoms with van der Waals surface area (Å²) in [6.45, 7) is 3.37. The minimum Gasteiger partial charge on any atom is -0.333 e. The number of para-hydroxylation sites is 1. The molecule has 3 rings (SSSR count). The largest absolute Gasteiger partial charge is 0.333 e. The number of carbonyl (C=O) groups excluding carboxylic acids is 1. The van der Waals surface area contributed by atoms with Crippen molar-refractivity contribution in [1.29, 1.82) is 0 Å². The summed E-state index contributed by atoms with van der Waals surface area (Å²) in [5.41, 5.74) is 6.12. The average molecular weight is 413 g/mol. The van der Waals surface area contributed by atoms with E-state index in [0.29, 0.717) is 42.2 Å². The zero-order chi connectivity index (χ0) is 21.3. The maximum absolute atomic E-state index is 13.2. The van der Waals surface area contributed by atoms with Gasteiger partial charge in [-0.25, -0.2) is 4.98 Å². The Labute approximate surface area is 179 Å². The van der Waals surface area contributed by atoms with E-state index in [1.165, 1.54) is 25.7 Å². The summed E-state index contributed by atoms with van der Waals surface area (Å²) >= 11 is 0. The topological polar surface area (TPSA) is 92.1 Å². The van der Waals surface area contributed by atoms with E-state index < -0.39 is 0 Å². The number of nitrogens with two attached hydrogens (primary N) is 1. The summed E-state index contributed by atoms with van der Waals surface area (Å²) < 4.78 is 0. The molecule has 164 valence electrons. The fourth-order valence-electron chi connectivity index (χ4n) is 4.53. The van der Waals surface area contributed by atoms with Crippen molar-refractivity contribution in [2.24, 2.45) is 11.7 Å². The normalized spacial score (nSPS) is 15.5. The molecule has 3 N–H and O–H groups in total. The van der Waals surface area contributed by atoms with E-state index >= 15 is 0 Å². The minimum absolute atomic E-state index is 0.149. The highest BCUT2D eigenvalue weighted by Gasteiger charge is 2.25. The van der Waals surface area contributed by atoms with Gasteiger partial charge in [0.05, 0.1) is 16.9 Å². The third-order valence-corrected chi connectivity index (χ3v) is 6.41. The monoisotopic (exact) mass is 412 g/mol. The van der Waals surface area contributed by atoms with Crippen LogP contribution in [0.3, 0.4) is 0 Å². The van der Waals surface area contributed by atoms with Crippen molar-refractivity contribution in [3.05, 3.63) is 40.4 Å². The number of carbonyl (C=O) groups is 1. The molecule has 1 heterocycles. The van der Waals surface area contributed by atoms with Crippen molar-refractivity contribution in [3.63, 3.8) is 0 Å². The number of unbranched alkanes of at least 4 members (excludes halogenated alkanes) is 3. The molecular weight excluding hydrogens is 376 g/mol. The molecule has 0 unspecified atom stereocenters. The molecule has 1 amide bonds. The summed E-state index contributed by atoms with van der Waals surface area (Å²) in [5, 5.41) is 0.578. The number of benzene rings is 1. The van der Waals surface area contributed by atoms with E-state index in [2.05, 4.69) is 9.97 Å². The van der Waals surface area contributed by atoms with Gasteiger partial charge in [0.15, 0.2) is 0 Å². The smallest absolute Gasteiger partial charge is 0.258 e. The van der Waals surface area contributed by atoms with Gasteiger partial charge in [-0.05, 0) is 50.8 Å². The lowest BCUT2D eigenvalue weighted by Gasteiger charge is -2.29. The Kier molecular flexibility index (Phi) is 8.43. The number of amides is 1. The SMILES string of the molecule is C[C@H](c1nc2ccccc2c(=O)[nH]1)N(CCCCCCN)C(=O)CCC1CCCC1. The van der Waals surface area contributed by atoms with Gasteiger partial charge in [-0.15, -0.1) is 0 Å². The van der Waals surface area contributed by atoms with Gasteiger partial charge in [0.2, 0.25) is 5.91 Å². The number of aromatic amines is 1. The minimum atomic E-state index is -0.257. The highest BCUT2D eigenvalue weighted by Crippen LogP contribution is 2.29. The molecule has 1 saturated carbocycles. The van der Waals surface area contributed by atoms with Gasteiger partial charge >= 0.3 is 0 Å². The van der Waals surface area contributed by atoms with Crippen molar-refractivity contribution in [2.45, 2.75) is 77.2 Å². The number of nitrogens with zero attached hydrogens (tertiary/aromatic N) is 2. The zero-order valence-electron chi connectivity index (χ0n) is 18.2. The first-order valence-corrected chi connectivity index (χ1v) is 11.6. The van der Waals surface area contributed by atoms with Crippen LogP contribution in [0.15, 0.2) is 29.1 Å². The molecule has 0 spiro atoms. The molecule has 0 saturated heterocycles. The molecule has 0 radical (unpaired) electrons. The van der Waals surface area contributed by atoms with Crippen LogP contribution in [0.25, 0.3) is 10.9 Å². The fourth-order valence-corrected chi connectivity index (χ4v) is 4.53. The Hall–Kier alpha value is -2.21. The molecule has 6 nitrogen and oxygen atoms in total. The third kappa shape index (κ3) is 5.91. The molecule has 2 aromatic rings. The first-order chi connectivity index (χ1) is 14.6. The molecule has 1 aliphatic rings. The highest BCUT2D eigenvalue weighted by atomic mass is 16.2. The predicted molar refractivity (Wildman–Crippen MR) is 121 cm³/mol. The maximum atomic E-state index is 13.2. The summed E-state index contributed by atoms with van der Waals surface area (Å²) in [7, 11) is 0. The number of rotatable bonds is 11. The summed E-state index contributed by atoms with van der Waals surface area (Å²) in [4.78, 5) is 35.2. The van der Waals surface area contributed by atoms with Gasteiger partial charge < -0.3 is 15.6 Å². The summed E-state index contributed by atoms with van der Waals surface area (Å²) in [6.07, 6.45) is 10.7. The standard InChI is InChI=1S/C24H36N4O2/c1-18(23-26-21-13-7-6-12-20(21)24(30)27-23)28(17-9-3-2-8-16-25)22(29)15-14-19-10-4-5-11-19/h6-7,12-13,18-19H,2-5,8-11,14-17,25H2,1H3,(H,26,27,30)/t18-/m1/s1. The molecule has 0 bridgehead atoms. The van der Waals surface area contributed by atoms with Crippen LogP contribution < -0.4 is 11.3 Å². The summed E-state index contributed by atoms with van der Waals surface area (Å²) in [5.74, 6) is 1.42. The summed E-state index contributed by atoms with van der Waals surface area (Å²) in [6, 6.07) is 7.08. The van der Waals surface area contributed by atoms with E-state index in [1.807, 2.05) is 30.0 Å². The molecule has 1 aromatic heterocycles. The van der Waals surface area contributed by atoms with Crippen LogP contribution in [0.2, 0.25) is 0 Å². The molecule has 30 heavy (non-hydrogen) atoms. The van der Waals surface area contributed by atoms with Crippen molar-refractivity contribution in [2.75, 3.05) is 13.1 Å². The number of aromatic nitrogens is 2. The fraction of sp³-hybridized carbons (Fsp3) is 0.625. The van der Waals surface area contributed by atoms with Crippen LogP contribution in [0.4, 0.5) is 0 Å². The van der Waals surface area contributed by atoms with E-state index in [-0.39, 0.29) is 17.5 Å². The lowest BCUT2D eigenvalue weighted by atomic mass is 10.0. The number of nitrogens with one attached hydrogen (secondary N) is 1. The van der Waals surface area contributed by atoms with Gasteiger partial charge in [0.25, 0.3) is 5.56 Å². The lowest BCUT2D eigenvalue weighted by Crippen LogP contribution is -2.36. The van der Waals surface area contributed by atoms with Gasteiger partial charge in [-0.3, -0.25) is 9.59 Å². The second-order valence-electron chi connectivity index (χ2n) is 8.62. The van der Waals surface area contributed by atoms with Crippen molar-refractivity contribution in [1.82, 2.24) is 14.9 Å². The van der Waals surface area contributed by atoms with E-state index in [1.54, 1.807) is 6.07 Å². The lowest BCUT2D eigenvalue weighted by molar-refractivity contribution is -0.134. The van der Waals surface area contributed by atoms with E-state index in [9.17, 15) is 9.59 Å². The molecular formula is C24H36N4O2. The van der Waals surface area contributed by atoms with Gasteiger partial charge in [-0.2, -0.15) is 0 Å². The quantitative estimate of drug-likeness (QED) is 0.538. The van der Waals surface area contributed by atoms with Gasteiger partial charge in [-0.1, -0.05) is 50.7 Å². The van der Waals surface area contributed by atoms with Gasteiger partial charge in [0, 0.05) is 13.0 Å². The molecule has 1 aliphatic carbocycles. The Bertz CT molecular complexity index is 873. The second-order valence-corrected chi connectivity index (χ2v) is 8.62. The molecule has 0 aliphatic heterocycles. The predicted octanol–water partition coefficient (Wildman–Crippen LogP) is 4.30. The first kappa shape index (κ1) is 22.5. The third-order valence-electron chi connectivity index (χ3n) is 6.41. The Morgan fingerprint density at radius 3 is 2.70 bits per heavy atom. The van der Waals surface area contributed by atoms with E-state index in [4.69, 9.17) is 5.73 Å². The van der Waals surface area contributed by atoms with Crippen molar-refractivity contribution in [3.8, 4) is 0 Å². The molecule has 1 aromatic carbocycles. The van der Waals surface area contributed by atoms with Crippen molar-refractivity contribution >= 4 is 16.8 Å². The first-order valence-electron chi connectivity index (χ1n) is 11.6. The van der Waals surface area contributed by atoms with Crippen LogP contribution >= 0.6 is 0 Å². The number of fused-ring (bicyclic) bond motifs is 1. The second kappa shape index (κ2) is 11.3. The van der Waals surface area contributed by atoms with Crippen molar-refractivity contribution < 1.29 is 4.79 Å². The van der Waals surface area contributed by atoms with Gasteiger partial charge in [0.1, 0.15) is 5.82 Å². The Morgan fingerprint density at radius 1 is 1.20 bits per heavy atom.